The highest BCUT2D eigenvalue weighted by Crippen LogP contribution is 2.39. The number of benzene rings is 1. The first kappa shape index (κ1) is 17.3. The molecular weight excluding hydrogens is 461 g/mol. The summed E-state index contributed by atoms with van der Waals surface area (Å²) in [6.45, 7) is 0. The van der Waals surface area contributed by atoms with Gasteiger partial charge in [0.25, 0.3) is 10.0 Å². The summed E-state index contributed by atoms with van der Waals surface area (Å²) in [6, 6.07) is 8.85. The molecule has 0 unspecified atom stereocenters. The van der Waals surface area contributed by atoms with Crippen LogP contribution in [-0.2, 0) is 10.0 Å². The molecule has 0 spiro atoms. The first-order chi connectivity index (χ1) is 10.9. The highest BCUT2D eigenvalue weighted by atomic mass is 79.9. The Hall–Kier alpha value is -0.570. The highest BCUT2D eigenvalue weighted by Gasteiger charge is 2.23. The van der Waals surface area contributed by atoms with E-state index in [0.29, 0.717) is 19.5 Å². The van der Waals surface area contributed by atoms with Gasteiger partial charge in [-0.3, -0.25) is 4.72 Å². The van der Waals surface area contributed by atoms with Crippen LogP contribution in [0.3, 0.4) is 0 Å². The molecule has 3 aromatic rings. The second-order valence-corrected chi connectivity index (χ2v) is 10.0. The lowest BCUT2D eigenvalue weighted by atomic mass is 10.1. The smallest absolute Gasteiger partial charge is 0.272 e. The monoisotopic (exact) mass is 467 g/mol. The van der Waals surface area contributed by atoms with Gasteiger partial charge >= 0.3 is 0 Å². The molecule has 2 heterocycles. The van der Waals surface area contributed by atoms with E-state index in [9.17, 15) is 8.42 Å². The van der Waals surface area contributed by atoms with Crippen molar-refractivity contribution in [2.24, 2.45) is 0 Å². The fraction of sp³-hybridized carbons (Fsp3) is 0. The predicted octanol–water partition coefficient (Wildman–Crippen LogP) is 6.35. The molecule has 2 aromatic heterocycles. The van der Waals surface area contributed by atoms with Crippen molar-refractivity contribution in [2.75, 3.05) is 4.72 Å². The Morgan fingerprint density at radius 1 is 1.09 bits per heavy atom. The Morgan fingerprint density at radius 2 is 1.83 bits per heavy atom. The fourth-order valence-electron chi connectivity index (χ4n) is 1.96. The largest absolute Gasteiger partial charge is 0.277 e. The second-order valence-electron chi connectivity index (χ2n) is 4.47. The summed E-state index contributed by atoms with van der Waals surface area (Å²) in [5.74, 6) is 0. The second kappa shape index (κ2) is 6.74. The normalized spacial score (nSPS) is 11.6. The number of anilines is 1. The molecule has 0 aliphatic carbocycles. The van der Waals surface area contributed by atoms with Crippen molar-refractivity contribution in [3.8, 4) is 11.1 Å². The SMILES string of the molecule is O=S(=O)(Nc1cscc1-c1ccccc1Cl)c1sc(Cl)cc1Br. The van der Waals surface area contributed by atoms with Gasteiger partial charge in [-0.25, -0.2) is 8.42 Å². The zero-order valence-electron chi connectivity index (χ0n) is 11.2. The molecule has 0 atom stereocenters. The van der Waals surface area contributed by atoms with Crippen LogP contribution in [0.4, 0.5) is 5.69 Å². The molecule has 0 radical (unpaired) electrons. The molecule has 0 saturated heterocycles. The highest BCUT2D eigenvalue weighted by molar-refractivity contribution is 9.10. The van der Waals surface area contributed by atoms with Crippen LogP contribution in [0, 0.1) is 0 Å². The lowest BCUT2D eigenvalue weighted by molar-refractivity contribution is 0.603. The Morgan fingerprint density at radius 3 is 2.48 bits per heavy atom. The molecule has 23 heavy (non-hydrogen) atoms. The van der Waals surface area contributed by atoms with Gasteiger partial charge in [0.05, 0.1) is 14.5 Å². The Bertz CT molecular complexity index is 966. The number of nitrogens with one attached hydrogen (secondary N) is 1. The van der Waals surface area contributed by atoms with Gasteiger partial charge in [0.2, 0.25) is 0 Å². The maximum atomic E-state index is 12.6. The molecule has 1 aromatic carbocycles. The molecule has 0 saturated carbocycles. The fourth-order valence-corrected chi connectivity index (χ4v) is 7.14. The first-order valence-electron chi connectivity index (χ1n) is 6.17. The average molecular weight is 469 g/mol. The zero-order valence-corrected chi connectivity index (χ0v) is 16.8. The van der Waals surface area contributed by atoms with Crippen LogP contribution in [0.25, 0.3) is 11.1 Å². The van der Waals surface area contributed by atoms with E-state index in [0.717, 1.165) is 22.5 Å². The lowest BCUT2D eigenvalue weighted by Crippen LogP contribution is -2.12. The molecule has 3 rings (SSSR count). The number of thiophene rings is 2. The number of rotatable bonds is 4. The molecule has 0 amide bonds. The summed E-state index contributed by atoms with van der Waals surface area (Å²) < 4.78 is 28.8. The van der Waals surface area contributed by atoms with Crippen molar-refractivity contribution in [1.29, 1.82) is 0 Å². The predicted molar refractivity (Wildman–Crippen MR) is 103 cm³/mol. The minimum Gasteiger partial charge on any atom is -0.277 e. The van der Waals surface area contributed by atoms with E-state index in [2.05, 4.69) is 20.7 Å². The minimum atomic E-state index is -3.74. The van der Waals surface area contributed by atoms with Crippen molar-refractivity contribution < 1.29 is 8.42 Å². The maximum Gasteiger partial charge on any atom is 0.272 e. The first-order valence-corrected chi connectivity index (χ1v) is 11.0. The quantitative estimate of drug-likeness (QED) is 0.485. The average Bonchev–Trinajstić information content (AvgIpc) is 3.05. The maximum absolute atomic E-state index is 12.6. The van der Waals surface area contributed by atoms with Crippen LogP contribution in [0.2, 0.25) is 9.36 Å². The molecule has 0 fully saturated rings. The topological polar surface area (TPSA) is 46.2 Å². The lowest BCUT2D eigenvalue weighted by Gasteiger charge is -2.09. The summed E-state index contributed by atoms with van der Waals surface area (Å²) in [7, 11) is -3.74. The summed E-state index contributed by atoms with van der Waals surface area (Å²) in [4.78, 5) is 0. The molecular formula is C14H8BrCl2NO2S3. The van der Waals surface area contributed by atoms with E-state index >= 15 is 0 Å². The Labute approximate surface area is 160 Å². The number of hydrogen-bond acceptors (Lipinski definition) is 4. The van der Waals surface area contributed by atoms with Crippen LogP contribution < -0.4 is 4.72 Å². The van der Waals surface area contributed by atoms with E-state index in [1.165, 1.54) is 11.3 Å². The van der Waals surface area contributed by atoms with Crippen LogP contribution in [-0.4, -0.2) is 8.42 Å². The summed E-state index contributed by atoms with van der Waals surface area (Å²) in [5.41, 5.74) is 2.00. The van der Waals surface area contributed by atoms with Gasteiger partial charge in [0.15, 0.2) is 4.21 Å². The van der Waals surface area contributed by atoms with Gasteiger partial charge < -0.3 is 0 Å². The van der Waals surface area contributed by atoms with E-state index in [-0.39, 0.29) is 4.21 Å². The number of halogens is 3. The Kier molecular flexibility index (Phi) is 5.06. The molecule has 0 aliphatic rings. The van der Waals surface area contributed by atoms with Crippen molar-refractivity contribution in [3.63, 3.8) is 0 Å². The van der Waals surface area contributed by atoms with Crippen molar-refractivity contribution >= 4 is 77.5 Å². The number of sulfonamides is 1. The molecule has 9 heteroatoms. The van der Waals surface area contributed by atoms with Crippen LogP contribution >= 0.6 is 61.8 Å². The van der Waals surface area contributed by atoms with E-state index in [4.69, 9.17) is 23.2 Å². The molecule has 1 N–H and O–H groups in total. The molecule has 120 valence electrons. The van der Waals surface area contributed by atoms with Gasteiger partial charge in [-0.15, -0.1) is 22.7 Å². The van der Waals surface area contributed by atoms with E-state index < -0.39 is 10.0 Å². The molecule has 0 bridgehead atoms. The van der Waals surface area contributed by atoms with Crippen molar-refractivity contribution in [1.82, 2.24) is 0 Å². The molecule has 3 nitrogen and oxygen atoms in total. The summed E-state index contributed by atoms with van der Waals surface area (Å²) >= 11 is 17.7. The van der Waals surface area contributed by atoms with Crippen LogP contribution in [0.15, 0.2) is 49.8 Å². The van der Waals surface area contributed by atoms with E-state index in [1.54, 1.807) is 17.5 Å². The number of hydrogen-bond donors (Lipinski definition) is 1. The Balaban J connectivity index is 2.01. The van der Waals surface area contributed by atoms with Crippen LogP contribution in [0.1, 0.15) is 0 Å². The van der Waals surface area contributed by atoms with Crippen LogP contribution in [0.5, 0.6) is 0 Å². The standard InChI is InChI=1S/C14H8BrCl2NO2S3/c15-10-5-13(17)22-14(10)23(19,20)18-12-7-21-6-9(12)8-3-1-2-4-11(8)16/h1-7,18H. The summed E-state index contributed by atoms with van der Waals surface area (Å²) in [6.07, 6.45) is 0. The van der Waals surface area contributed by atoms with Gasteiger partial charge in [-0.05, 0) is 28.1 Å². The summed E-state index contributed by atoms with van der Waals surface area (Å²) in [5, 5.41) is 4.15. The zero-order chi connectivity index (χ0) is 16.6. The third kappa shape index (κ3) is 3.60. The van der Waals surface area contributed by atoms with Gasteiger partial charge in [0, 0.05) is 26.9 Å². The third-order valence-electron chi connectivity index (χ3n) is 2.94. The minimum absolute atomic E-state index is 0.138. The van der Waals surface area contributed by atoms with Crippen molar-refractivity contribution in [2.45, 2.75) is 4.21 Å². The van der Waals surface area contributed by atoms with Gasteiger partial charge in [-0.2, -0.15) is 0 Å². The molecule has 0 aliphatic heterocycles. The van der Waals surface area contributed by atoms with Gasteiger partial charge in [-0.1, -0.05) is 41.4 Å². The van der Waals surface area contributed by atoms with Crippen molar-refractivity contribution in [3.05, 3.63) is 54.9 Å². The van der Waals surface area contributed by atoms with Gasteiger partial charge in [0.1, 0.15) is 0 Å². The van der Waals surface area contributed by atoms with E-state index in [1.807, 2.05) is 23.6 Å². The third-order valence-corrected chi connectivity index (χ3v) is 8.33.